The monoisotopic (exact) mass is 503 g/mol. The van der Waals surface area contributed by atoms with E-state index < -0.39 is 0 Å². The summed E-state index contributed by atoms with van der Waals surface area (Å²) in [5, 5.41) is 8.27. The maximum absolute atomic E-state index is 5.96. The maximum atomic E-state index is 5.96. The van der Waals surface area contributed by atoms with Crippen LogP contribution in [0, 0.1) is 0 Å². The molecule has 0 spiro atoms. The largest absolute Gasteiger partial charge is 0.357 e. The van der Waals surface area contributed by atoms with Crippen LogP contribution < -0.4 is 5.32 Å². The fourth-order valence-electron chi connectivity index (χ4n) is 3.00. The number of halogens is 2. The molecule has 1 aliphatic heterocycles. The summed E-state index contributed by atoms with van der Waals surface area (Å²) in [6, 6.07) is 8.10. The molecule has 3 rings (SSSR count). The van der Waals surface area contributed by atoms with E-state index in [0.29, 0.717) is 6.54 Å². The fraction of sp³-hybridized carbons (Fsp3) is 0.500. The number of nitrogens with one attached hydrogen (secondary N) is 1. The number of rotatable bonds is 5. The van der Waals surface area contributed by atoms with E-state index in [2.05, 4.69) is 44.3 Å². The summed E-state index contributed by atoms with van der Waals surface area (Å²) in [7, 11) is 1.89. The second-order valence-electron chi connectivity index (χ2n) is 6.36. The van der Waals surface area contributed by atoms with Gasteiger partial charge in [-0.2, -0.15) is 5.10 Å². The Morgan fingerprint density at radius 3 is 2.48 bits per heavy atom. The third-order valence-corrected chi connectivity index (χ3v) is 4.75. The summed E-state index contributed by atoms with van der Waals surface area (Å²) >= 11 is 5.96. The van der Waals surface area contributed by atoms with Gasteiger partial charge in [-0.1, -0.05) is 23.7 Å². The van der Waals surface area contributed by atoms with Crippen LogP contribution in [0.15, 0.2) is 35.6 Å². The van der Waals surface area contributed by atoms with Gasteiger partial charge in [-0.15, -0.1) is 24.0 Å². The second kappa shape index (κ2) is 10.8. The molecule has 0 atom stereocenters. The van der Waals surface area contributed by atoms with Crippen LogP contribution in [0.4, 0.5) is 0 Å². The molecule has 0 aliphatic carbocycles. The lowest BCUT2D eigenvalue weighted by atomic mass is 10.2. The molecule has 1 aliphatic rings. The van der Waals surface area contributed by atoms with Crippen molar-refractivity contribution in [2.75, 3.05) is 32.7 Å². The minimum absolute atomic E-state index is 0. The number of hydrogen-bond donors (Lipinski definition) is 1. The second-order valence-corrected chi connectivity index (χ2v) is 6.80. The van der Waals surface area contributed by atoms with E-state index in [0.717, 1.165) is 56.1 Å². The standard InChI is InChI=1S/C18H26ClN7.HI/c1-3-20-18(21-12-17-22-14-23-24(17)2)26-10-8-25(9-11-26)13-15-4-6-16(19)7-5-15;/h4-7,14H,3,8-13H2,1-2H3,(H,20,21);1H. The Bertz CT molecular complexity index is 724. The van der Waals surface area contributed by atoms with Crippen molar-refractivity contribution in [3.8, 4) is 0 Å². The lowest BCUT2D eigenvalue weighted by Crippen LogP contribution is -2.52. The molecule has 0 radical (unpaired) electrons. The van der Waals surface area contributed by atoms with Gasteiger partial charge in [0.15, 0.2) is 5.96 Å². The molecule has 0 bridgehead atoms. The molecule has 9 heteroatoms. The van der Waals surface area contributed by atoms with Gasteiger partial charge >= 0.3 is 0 Å². The normalized spacial score (nSPS) is 15.5. The molecular formula is C18H27ClIN7. The van der Waals surface area contributed by atoms with Crippen LogP contribution in [-0.4, -0.2) is 63.2 Å². The van der Waals surface area contributed by atoms with Gasteiger partial charge in [-0.3, -0.25) is 9.58 Å². The summed E-state index contributed by atoms with van der Waals surface area (Å²) in [5.74, 6) is 1.81. The Hall–Kier alpha value is -1.39. The summed E-state index contributed by atoms with van der Waals surface area (Å²) in [4.78, 5) is 13.8. The van der Waals surface area contributed by atoms with E-state index in [-0.39, 0.29) is 24.0 Å². The minimum atomic E-state index is 0. The van der Waals surface area contributed by atoms with Crippen molar-refractivity contribution < 1.29 is 0 Å². The van der Waals surface area contributed by atoms with Gasteiger partial charge in [0, 0.05) is 51.3 Å². The van der Waals surface area contributed by atoms with Crippen LogP contribution >= 0.6 is 35.6 Å². The topological polar surface area (TPSA) is 61.6 Å². The van der Waals surface area contributed by atoms with Gasteiger partial charge in [0.05, 0.1) is 0 Å². The number of piperazine rings is 1. The number of hydrogen-bond acceptors (Lipinski definition) is 4. The Morgan fingerprint density at radius 2 is 1.89 bits per heavy atom. The van der Waals surface area contributed by atoms with E-state index in [1.165, 1.54) is 5.56 Å². The molecule has 27 heavy (non-hydrogen) atoms. The molecule has 0 saturated carbocycles. The highest BCUT2D eigenvalue weighted by Crippen LogP contribution is 2.13. The summed E-state index contributed by atoms with van der Waals surface area (Å²) < 4.78 is 1.76. The van der Waals surface area contributed by atoms with Gasteiger partial charge in [0.2, 0.25) is 0 Å². The zero-order valence-electron chi connectivity index (χ0n) is 15.8. The Balaban J connectivity index is 0.00000261. The highest BCUT2D eigenvalue weighted by atomic mass is 127. The SMILES string of the molecule is CCNC(=NCc1ncnn1C)N1CCN(Cc2ccc(Cl)cc2)CC1.I. The minimum Gasteiger partial charge on any atom is -0.357 e. The van der Waals surface area contributed by atoms with Crippen LogP contribution in [-0.2, 0) is 20.1 Å². The lowest BCUT2D eigenvalue weighted by Gasteiger charge is -2.36. The van der Waals surface area contributed by atoms with E-state index >= 15 is 0 Å². The number of aromatic nitrogens is 3. The zero-order valence-corrected chi connectivity index (χ0v) is 18.9. The van der Waals surface area contributed by atoms with Crippen molar-refractivity contribution >= 4 is 41.5 Å². The highest BCUT2D eigenvalue weighted by molar-refractivity contribution is 14.0. The molecular weight excluding hydrogens is 477 g/mol. The van der Waals surface area contributed by atoms with Crippen LogP contribution in [0.2, 0.25) is 5.02 Å². The van der Waals surface area contributed by atoms with Crippen LogP contribution in [0.3, 0.4) is 0 Å². The predicted octanol–water partition coefficient (Wildman–Crippen LogP) is 2.37. The van der Waals surface area contributed by atoms with Crippen LogP contribution in [0.5, 0.6) is 0 Å². The van der Waals surface area contributed by atoms with E-state index in [1.54, 1.807) is 11.0 Å². The molecule has 1 N–H and O–H groups in total. The van der Waals surface area contributed by atoms with Gasteiger partial charge in [-0.25, -0.2) is 9.98 Å². The van der Waals surface area contributed by atoms with Gasteiger partial charge in [0.1, 0.15) is 18.7 Å². The summed E-state index contributed by atoms with van der Waals surface area (Å²) in [6.45, 7) is 8.36. The quantitative estimate of drug-likeness (QED) is 0.386. The van der Waals surface area contributed by atoms with E-state index in [1.807, 2.05) is 19.2 Å². The number of guanidine groups is 1. The first-order valence-corrected chi connectivity index (χ1v) is 9.36. The molecule has 1 aromatic heterocycles. The molecule has 0 unspecified atom stereocenters. The van der Waals surface area contributed by atoms with Gasteiger partial charge in [-0.05, 0) is 24.6 Å². The molecule has 2 heterocycles. The van der Waals surface area contributed by atoms with Crippen molar-refractivity contribution in [3.63, 3.8) is 0 Å². The van der Waals surface area contributed by atoms with Gasteiger partial charge < -0.3 is 10.2 Å². The lowest BCUT2D eigenvalue weighted by molar-refractivity contribution is 0.172. The smallest absolute Gasteiger partial charge is 0.194 e. The van der Waals surface area contributed by atoms with Crippen LogP contribution in [0.25, 0.3) is 0 Å². The molecule has 148 valence electrons. The average Bonchev–Trinajstić information content (AvgIpc) is 3.06. The molecule has 2 aromatic rings. The Labute approximate surface area is 182 Å². The van der Waals surface area contributed by atoms with Crippen molar-refractivity contribution in [2.45, 2.75) is 20.0 Å². The number of aryl methyl sites for hydroxylation is 1. The van der Waals surface area contributed by atoms with Crippen molar-refractivity contribution in [1.82, 2.24) is 29.9 Å². The average molecular weight is 504 g/mol. The van der Waals surface area contributed by atoms with Crippen molar-refractivity contribution in [1.29, 1.82) is 0 Å². The molecule has 0 amide bonds. The first kappa shape index (κ1) is 21.9. The molecule has 1 fully saturated rings. The van der Waals surface area contributed by atoms with E-state index in [9.17, 15) is 0 Å². The fourth-order valence-corrected chi connectivity index (χ4v) is 3.13. The molecule has 1 saturated heterocycles. The third-order valence-electron chi connectivity index (χ3n) is 4.50. The van der Waals surface area contributed by atoms with E-state index in [4.69, 9.17) is 16.6 Å². The van der Waals surface area contributed by atoms with Gasteiger partial charge in [0.25, 0.3) is 0 Å². The maximum Gasteiger partial charge on any atom is 0.194 e. The molecule has 1 aromatic carbocycles. The third kappa shape index (κ3) is 6.32. The van der Waals surface area contributed by atoms with Crippen LogP contribution in [0.1, 0.15) is 18.3 Å². The Kier molecular flexibility index (Phi) is 8.78. The highest BCUT2D eigenvalue weighted by Gasteiger charge is 2.19. The summed E-state index contributed by atoms with van der Waals surface area (Å²) in [5.41, 5.74) is 1.30. The number of aliphatic imine (C=N–C) groups is 1. The van der Waals surface area contributed by atoms with Crippen molar-refractivity contribution in [2.24, 2.45) is 12.0 Å². The Morgan fingerprint density at radius 1 is 1.19 bits per heavy atom. The first-order valence-electron chi connectivity index (χ1n) is 8.98. The predicted molar refractivity (Wildman–Crippen MR) is 120 cm³/mol. The zero-order chi connectivity index (χ0) is 18.4. The molecule has 7 nitrogen and oxygen atoms in total. The number of nitrogens with zero attached hydrogens (tertiary/aromatic N) is 6. The first-order chi connectivity index (χ1) is 12.7. The van der Waals surface area contributed by atoms with Crippen molar-refractivity contribution in [3.05, 3.63) is 47.0 Å². The summed E-state index contributed by atoms with van der Waals surface area (Å²) in [6.07, 6.45) is 1.56. The number of benzene rings is 1.